The molecule has 3 N–H and O–H groups in total. The molecule has 0 saturated carbocycles. The summed E-state index contributed by atoms with van der Waals surface area (Å²) in [4.78, 5) is 26.0. The van der Waals surface area contributed by atoms with E-state index in [2.05, 4.69) is 5.32 Å². The van der Waals surface area contributed by atoms with Gasteiger partial charge in [0.05, 0.1) is 12.7 Å². The van der Waals surface area contributed by atoms with Crippen molar-refractivity contribution in [2.75, 3.05) is 25.9 Å². The Labute approximate surface area is 125 Å². The maximum atomic E-state index is 12.2. The summed E-state index contributed by atoms with van der Waals surface area (Å²) in [6, 6.07) is 4.23. The molecule has 0 aromatic heterocycles. The van der Waals surface area contributed by atoms with Gasteiger partial charge in [-0.05, 0) is 39.0 Å². The van der Waals surface area contributed by atoms with Crippen LogP contribution in [0, 0.1) is 0 Å². The molecule has 0 saturated heterocycles. The number of carbonyl (C=O) groups is 2. The first-order valence-electron chi connectivity index (χ1n) is 6.97. The third-order valence-electron chi connectivity index (χ3n) is 3.30. The molecule has 0 heterocycles. The van der Waals surface area contributed by atoms with Crippen LogP contribution in [0.4, 0.5) is 5.69 Å². The number of carbonyl (C=O) groups excluding carboxylic acids is 2. The van der Waals surface area contributed by atoms with Gasteiger partial charge in [0.1, 0.15) is 11.8 Å². The largest absolute Gasteiger partial charge is 0.497 e. The highest BCUT2D eigenvalue weighted by molar-refractivity contribution is 6.01. The monoisotopic (exact) mass is 293 g/mol. The summed E-state index contributed by atoms with van der Waals surface area (Å²) in [6.45, 7) is 6.68. The molecule has 116 valence electrons. The molecule has 0 aliphatic carbocycles. The van der Waals surface area contributed by atoms with E-state index in [-0.39, 0.29) is 11.8 Å². The van der Waals surface area contributed by atoms with Crippen molar-refractivity contribution in [3.8, 4) is 5.75 Å². The number of hydrogen-bond acceptors (Lipinski definition) is 4. The number of methoxy groups -OCH3 is 1. The van der Waals surface area contributed by atoms with E-state index in [9.17, 15) is 9.59 Å². The summed E-state index contributed by atoms with van der Waals surface area (Å²) in [5, 5.41) is 2.67. The average molecular weight is 293 g/mol. The summed E-state index contributed by atoms with van der Waals surface area (Å²) in [5.41, 5.74) is 6.44. The first-order chi connectivity index (χ1) is 9.94. The van der Waals surface area contributed by atoms with Crippen molar-refractivity contribution in [3.63, 3.8) is 0 Å². The van der Waals surface area contributed by atoms with E-state index in [1.165, 1.54) is 7.11 Å². The zero-order chi connectivity index (χ0) is 16.0. The first-order valence-corrected chi connectivity index (χ1v) is 6.97. The third kappa shape index (κ3) is 4.11. The van der Waals surface area contributed by atoms with Crippen LogP contribution in [0.5, 0.6) is 5.75 Å². The second kappa shape index (κ2) is 7.52. The summed E-state index contributed by atoms with van der Waals surface area (Å²) in [6.07, 6.45) is 0. The SMILES string of the molecule is CCN(CC)C(=O)C(C)NC(=O)c1cc(OC)ccc1N. The molecule has 6 heteroatoms. The minimum Gasteiger partial charge on any atom is -0.497 e. The van der Waals surface area contributed by atoms with Gasteiger partial charge in [-0.3, -0.25) is 9.59 Å². The molecule has 0 spiro atoms. The lowest BCUT2D eigenvalue weighted by molar-refractivity contribution is -0.132. The molecule has 0 aliphatic rings. The van der Waals surface area contributed by atoms with Crippen molar-refractivity contribution < 1.29 is 14.3 Å². The Morgan fingerprint density at radius 1 is 1.33 bits per heavy atom. The summed E-state index contributed by atoms with van der Waals surface area (Å²) in [7, 11) is 1.51. The van der Waals surface area contributed by atoms with E-state index in [1.54, 1.807) is 30.0 Å². The van der Waals surface area contributed by atoms with Gasteiger partial charge in [0.15, 0.2) is 0 Å². The van der Waals surface area contributed by atoms with Crippen LogP contribution in [0.1, 0.15) is 31.1 Å². The number of nitrogen functional groups attached to an aromatic ring is 1. The van der Waals surface area contributed by atoms with Gasteiger partial charge in [-0.25, -0.2) is 0 Å². The molecule has 0 aliphatic heterocycles. The fourth-order valence-electron chi connectivity index (χ4n) is 2.00. The Bertz CT molecular complexity index is 513. The van der Waals surface area contributed by atoms with E-state index >= 15 is 0 Å². The number of amides is 2. The summed E-state index contributed by atoms with van der Waals surface area (Å²) < 4.78 is 5.07. The van der Waals surface area contributed by atoms with Gasteiger partial charge in [0.25, 0.3) is 5.91 Å². The zero-order valence-electron chi connectivity index (χ0n) is 13.0. The Hall–Kier alpha value is -2.24. The molecule has 0 bridgehead atoms. The van der Waals surface area contributed by atoms with Gasteiger partial charge in [-0.15, -0.1) is 0 Å². The van der Waals surface area contributed by atoms with Crippen molar-refractivity contribution in [1.29, 1.82) is 0 Å². The van der Waals surface area contributed by atoms with Gasteiger partial charge < -0.3 is 20.7 Å². The predicted octanol–water partition coefficient (Wildman–Crippen LogP) is 1.26. The number of hydrogen-bond donors (Lipinski definition) is 2. The second-order valence-electron chi connectivity index (χ2n) is 4.66. The number of anilines is 1. The number of nitrogens with zero attached hydrogens (tertiary/aromatic N) is 1. The molecule has 0 fully saturated rings. The summed E-state index contributed by atoms with van der Waals surface area (Å²) in [5.74, 6) is 0.0336. The molecule has 1 aromatic rings. The Morgan fingerprint density at radius 3 is 2.48 bits per heavy atom. The minimum absolute atomic E-state index is 0.116. The number of ether oxygens (including phenoxy) is 1. The molecule has 0 radical (unpaired) electrons. The molecular formula is C15H23N3O3. The average Bonchev–Trinajstić information content (AvgIpc) is 2.48. The molecule has 6 nitrogen and oxygen atoms in total. The maximum absolute atomic E-state index is 12.2. The van der Waals surface area contributed by atoms with E-state index in [1.807, 2.05) is 13.8 Å². The first kappa shape index (κ1) is 16.8. The fraction of sp³-hybridized carbons (Fsp3) is 0.467. The second-order valence-corrected chi connectivity index (χ2v) is 4.66. The number of nitrogens with one attached hydrogen (secondary N) is 1. The van der Waals surface area contributed by atoms with Crippen LogP contribution < -0.4 is 15.8 Å². The van der Waals surface area contributed by atoms with E-state index < -0.39 is 6.04 Å². The van der Waals surface area contributed by atoms with Gasteiger partial charge in [0.2, 0.25) is 5.91 Å². The van der Waals surface area contributed by atoms with Crippen molar-refractivity contribution >= 4 is 17.5 Å². The molecule has 2 amide bonds. The number of nitrogens with two attached hydrogens (primary N) is 1. The molecule has 1 unspecified atom stereocenters. The van der Waals surface area contributed by atoms with Gasteiger partial charge >= 0.3 is 0 Å². The van der Waals surface area contributed by atoms with Crippen LogP contribution in [-0.4, -0.2) is 43.0 Å². The van der Waals surface area contributed by atoms with Crippen molar-refractivity contribution in [3.05, 3.63) is 23.8 Å². The topological polar surface area (TPSA) is 84.7 Å². The van der Waals surface area contributed by atoms with Crippen molar-refractivity contribution in [2.24, 2.45) is 0 Å². The molecular weight excluding hydrogens is 270 g/mol. The number of likely N-dealkylation sites (N-methyl/N-ethyl adjacent to an activating group) is 1. The minimum atomic E-state index is -0.608. The Morgan fingerprint density at radius 2 is 1.95 bits per heavy atom. The van der Waals surface area contributed by atoms with Crippen molar-refractivity contribution in [2.45, 2.75) is 26.8 Å². The van der Waals surface area contributed by atoms with Crippen LogP contribution in [-0.2, 0) is 4.79 Å². The lowest BCUT2D eigenvalue weighted by atomic mass is 10.1. The smallest absolute Gasteiger partial charge is 0.254 e. The number of benzene rings is 1. The Balaban J connectivity index is 2.83. The predicted molar refractivity (Wildman–Crippen MR) is 82.3 cm³/mol. The highest BCUT2D eigenvalue weighted by atomic mass is 16.5. The van der Waals surface area contributed by atoms with Crippen LogP contribution >= 0.6 is 0 Å². The summed E-state index contributed by atoms with van der Waals surface area (Å²) >= 11 is 0. The van der Waals surface area contributed by atoms with Crippen molar-refractivity contribution in [1.82, 2.24) is 10.2 Å². The van der Waals surface area contributed by atoms with Gasteiger partial charge in [-0.1, -0.05) is 0 Å². The van der Waals surface area contributed by atoms with Gasteiger partial charge in [-0.2, -0.15) is 0 Å². The number of rotatable bonds is 6. The van der Waals surface area contributed by atoms with Crippen LogP contribution in [0.2, 0.25) is 0 Å². The third-order valence-corrected chi connectivity index (χ3v) is 3.30. The highest BCUT2D eigenvalue weighted by Crippen LogP contribution is 2.19. The standard InChI is InChI=1S/C15H23N3O3/c1-5-18(6-2)15(20)10(3)17-14(19)12-9-11(21-4)7-8-13(12)16/h7-10H,5-6,16H2,1-4H3,(H,17,19). The lowest BCUT2D eigenvalue weighted by Gasteiger charge is -2.23. The zero-order valence-corrected chi connectivity index (χ0v) is 13.0. The highest BCUT2D eigenvalue weighted by Gasteiger charge is 2.21. The van der Waals surface area contributed by atoms with Gasteiger partial charge in [0, 0.05) is 18.8 Å². The maximum Gasteiger partial charge on any atom is 0.254 e. The normalized spacial score (nSPS) is 11.6. The molecule has 1 atom stereocenters. The van der Waals surface area contributed by atoms with E-state index in [0.29, 0.717) is 30.1 Å². The molecule has 21 heavy (non-hydrogen) atoms. The quantitative estimate of drug-likeness (QED) is 0.773. The molecule has 1 rings (SSSR count). The molecule has 1 aromatic carbocycles. The Kier molecular flexibility index (Phi) is 6.02. The van der Waals surface area contributed by atoms with E-state index in [4.69, 9.17) is 10.5 Å². The van der Waals surface area contributed by atoms with Crippen LogP contribution in [0.15, 0.2) is 18.2 Å². The van der Waals surface area contributed by atoms with Crippen LogP contribution in [0.25, 0.3) is 0 Å². The lowest BCUT2D eigenvalue weighted by Crippen LogP contribution is -2.46. The van der Waals surface area contributed by atoms with Crippen LogP contribution in [0.3, 0.4) is 0 Å². The van der Waals surface area contributed by atoms with E-state index in [0.717, 1.165) is 0 Å². The fourth-order valence-corrected chi connectivity index (χ4v) is 2.00.